The van der Waals surface area contributed by atoms with Crippen LogP contribution >= 0.6 is 0 Å². The van der Waals surface area contributed by atoms with Crippen LogP contribution in [-0.2, 0) is 17.8 Å². The average Bonchev–Trinajstić information content (AvgIpc) is 2.56. The Morgan fingerprint density at radius 1 is 1.22 bits per heavy atom. The number of carbonyl (C=O) groups is 1. The SMILES string of the molecule is CC(=O)Nc1ccc(CNCC(CO)Cc2ccccn2)cc1. The van der Waals surface area contributed by atoms with Crippen molar-refractivity contribution in [2.45, 2.75) is 19.9 Å². The molecule has 5 nitrogen and oxygen atoms in total. The van der Waals surface area contributed by atoms with Gasteiger partial charge in [0.25, 0.3) is 0 Å². The molecule has 1 amide bonds. The van der Waals surface area contributed by atoms with Crippen LogP contribution in [0.1, 0.15) is 18.2 Å². The van der Waals surface area contributed by atoms with Crippen molar-refractivity contribution in [1.82, 2.24) is 10.3 Å². The number of nitrogens with zero attached hydrogens (tertiary/aromatic N) is 1. The van der Waals surface area contributed by atoms with Gasteiger partial charge in [-0.1, -0.05) is 18.2 Å². The first kappa shape index (κ1) is 17.1. The molecule has 122 valence electrons. The number of hydrogen-bond acceptors (Lipinski definition) is 4. The lowest BCUT2D eigenvalue weighted by molar-refractivity contribution is -0.114. The van der Waals surface area contributed by atoms with E-state index in [2.05, 4.69) is 15.6 Å². The molecule has 1 atom stereocenters. The van der Waals surface area contributed by atoms with Gasteiger partial charge in [0.1, 0.15) is 0 Å². The summed E-state index contributed by atoms with van der Waals surface area (Å²) in [6.07, 6.45) is 2.53. The van der Waals surface area contributed by atoms with Crippen LogP contribution in [0.5, 0.6) is 0 Å². The highest BCUT2D eigenvalue weighted by Crippen LogP contribution is 2.10. The van der Waals surface area contributed by atoms with Crippen molar-refractivity contribution >= 4 is 11.6 Å². The second kappa shape index (κ2) is 9.02. The molecule has 1 aromatic carbocycles. The number of hydrogen-bond donors (Lipinski definition) is 3. The molecule has 23 heavy (non-hydrogen) atoms. The molecule has 0 aliphatic rings. The number of aromatic nitrogens is 1. The van der Waals surface area contributed by atoms with Crippen LogP contribution in [0.3, 0.4) is 0 Å². The number of benzene rings is 1. The van der Waals surface area contributed by atoms with Crippen LogP contribution in [0, 0.1) is 5.92 Å². The summed E-state index contributed by atoms with van der Waals surface area (Å²) < 4.78 is 0. The Bertz CT molecular complexity index is 599. The number of pyridine rings is 1. The summed E-state index contributed by atoms with van der Waals surface area (Å²) in [5, 5.41) is 15.6. The minimum absolute atomic E-state index is 0.0730. The lowest BCUT2D eigenvalue weighted by Crippen LogP contribution is -2.26. The quantitative estimate of drug-likeness (QED) is 0.697. The Kier molecular flexibility index (Phi) is 6.72. The third-order valence-corrected chi connectivity index (χ3v) is 3.52. The molecule has 1 heterocycles. The summed E-state index contributed by atoms with van der Waals surface area (Å²) in [5.74, 6) is 0.0692. The topological polar surface area (TPSA) is 74.2 Å². The van der Waals surface area contributed by atoms with Gasteiger partial charge in [-0.25, -0.2) is 0 Å². The zero-order valence-electron chi connectivity index (χ0n) is 13.3. The van der Waals surface area contributed by atoms with Gasteiger partial charge in [0.2, 0.25) is 5.91 Å². The highest BCUT2D eigenvalue weighted by molar-refractivity contribution is 5.88. The summed E-state index contributed by atoms with van der Waals surface area (Å²) >= 11 is 0. The number of anilines is 1. The van der Waals surface area contributed by atoms with Crippen LogP contribution in [0.25, 0.3) is 0 Å². The van der Waals surface area contributed by atoms with Crippen molar-refractivity contribution in [2.24, 2.45) is 5.92 Å². The van der Waals surface area contributed by atoms with E-state index in [9.17, 15) is 9.90 Å². The van der Waals surface area contributed by atoms with Crippen molar-refractivity contribution in [3.63, 3.8) is 0 Å². The van der Waals surface area contributed by atoms with E-state index in [1.165, 1.54) is 6.92 Å². The minimum atomic E-state index is -0.0730. The molecule has 1 unspecified atom stereocenters. The van der Waals surface area contributed by atoms with Crippen LogP contribution in [0.15, 0.2) is 48.7 Å². The Labute approximate surface area is 136 Å². The summed E-state index contributed by atoms with van der Waals surface area (Å²) in [5.41, 5.74) is 2.92. The summed E-state index contributed by atoms with van der Waals surface area (Å²) in [6.45, 7) is 3.07. The maximum Gasteiger partial charge on any atom is 0.221 e. The molecule has 0 spiro atoms. The number of aliphatic hydroxyl groups is 1. The van der Waals surface area contributed by atoms with Crippen LogP contribution in [-0.4, -0.2) is 29.1 Å². The molecular formula is C18H23N3O2. The highest BCUT2D eigenvalue weighted by Gasteiger charge is 2.09. The van der Waals surface area contributed by atoms with E-state index < -0.39 is 0 Å². The number of aliphatic hydroxyl groups excluding tert-OH is 1. The summed E-state index contributed by atoms with van der Waals surface area (Å²) in [7, 11) is 0. The maximum atomic E-state index is 11.0. The third-order valence-electron chi connectivity index (χ3n) is 3.52. The lowest BCUT2D eigenvalue weighted by atomic mass is 10.0. The van der Waals surface area contributed by atoms with Gasteiger partial charge in [-0.2, -0.15) is 0 Å². The van der Waals surface area contributed by atoms with Gasteiger partial charge in [-0.3, -0.25) is 9.78 Å². The number of amides is 1. The zero-order chi connectivity index (χ0) is 16.5. The molecule has 3 N–H and O–H groups in total. The second-order valence-corrected chi connectivity index (χ2v) is 5.58. The Balaban J connectivity index is 1.77. The van der Waals surface area contributed by atoms with E-state index in [0.29, 0.717) is 0 Å². The molecule has 0 fully saturated rings. The Hall–Kier alpha value is -2.24. The molecule has 2 rings (SSSR count). The number of rotatable bonds is 8. The second-order valence-electron chi connectivity index (χ2n) is 5.58. The van der Waals surface area contributed by atoms with E-state index in [0.717, 1.165) is 36.5 Å². The Morgan fingerprint density at radius 3 is 2.61 bits per heavy atom. The molecular weight excluding hydrogens is 290 g/mol. The molecule has 5 heteroatoms. The van der Waals surface area contributed by atoms with Crippen molar-refractivity contribution in [3.8, 4) is 0 Å². The summed E-state index contributed by atoms with van der Waals surface area (Å²) in [4.78, 5) is 15.3. The van der Waals surface area contributed by atoms with Gasteiger partial charge in [-0.05, 0) is 42.2 Å². The molecule has 0 aliphatic carbocycles. The van der Waals surface area contributed by atoms with Crippen LogP contribution in [0.4, 0.5) is 5.69 Å². The van der Waals surface area contributed by atoms with Gasteiger partial charge in [-0.15, -0.1) is 0 Å². The minimum Gasteiger partial charge on any atom is -0.396 e. The first-order valence-electron chi connectivity index (χ1n) is 7.75. The fourth-order valence-electron chi connectivity index (χ4n) is 2.35. The van der Waals surface area contributed by atoms with E-state index in [1.54, 1.807) is 6.20 Å². The van der Waals surface area contributed by atoms with Crippen molar-refractivity contribution < 1.29 is 9.90 Å². The van der Waals surface area contributed by atoms with Crippen LogP contribution < -0.4 is 10.6 Å². The number of nitrogens with one attached hydrogen (secondary N) is 2. The first-order valence-corrected chi connectivity index (χ1v) is 7.75. The van der Waals surface area contributed by atoms with E-state index >= 15 is 0 Å². The zero-order valence-corrected chi connectivity index (χ0v) is 13.3. The maximum absolute atomic E-state index is 11.0. The molecule has 1 aromatic heterocycles. The third kappa shape index (κ3) is 6.18. The molecule has 0 radical (unpaired) electrons. The van der Waals surface area contributed by atoms with Gasteiger partial charge >= 0.3 is 0 Å². The average molecular weight is 313 g/mol. The van der Waals surface area contributed by atoms with E-state index in [-0.39, 0.29) is 18.4 Å². The fraction of sp³-hybridized carbons (Fsp3) is 0.333. The molecule has 0 saturated heterocycles. The van der Waals surface area contributed by atoms with E-state index in [1.807, 2.05) is 42.5 Å². The smallest absolute Gasteiger partial charge is 0.221 e. The van der Waals surface area contributed by atoms with Gasteiger partial charge in [0.15, 0.2) is 0 Å². The van der Waals surface area contributed by atoms with Gasteiger partial charge < -0.3 is 15.7 Å². The Morgan fingerprint density at radius 2 is 2.00 bits per heavy atom. The fourth-order valence-corrected chi connectivity index (χ4v) is 2.35. The predicted octanol–water partition coefficient (Wildman–Crippen LogP) is 1.98. The van der Waals surface area contributed by atoms with Gasteiger partial charge in [0.05, 0.1) is 0 Å². The van der Waals surface area contributed by atoms with Crippen molar-refractivity contribution in [2.75, 3.05) is 18.5 Å². The normalized spacial score (nSPS) is 11.9. The predicted molar refractivity (Wildman–Crippen MR) is 91.0 cm³/mol. The first-order chi connectivity index (χ1) is 11.2. The summed E-state index contributed by atoms with van der Waals surface area (Å²) in [6, 6.07) is 13.5. The van der Waals surface area contributed by atoms with Gasteiger partial charge in [0, 0.05) is 44.2 Å². The highest BCUT2D eigenvalue weighted by atomic mass is 16.3. The van der Waals surface area contributed by atoms with Crippen molar-refractivity contribution in [1.29, 1.82) is 0 Å². The molecule has 2 aromatic rings. The van der Waals surface area contributed by atoms with Crippen molar-refractivity contribution in [3.05, 3.63) is 59.9 Å². The molecule has 0 aliphatic heterocycles. The van der Waals surface area contributed by atoms with Crippen LogP contribution in [0.2, 0.25) is 0 Å². The lowest BCUT2D eigenvalue weighted by Gasteiger charge is -2.15. The molecule has 0 saturated carbocycles. The van der Waals surface area contributed by atoms with E-state index in [4.69, 9.17) is 0 Å². The number of carbonyl (C=O) groups excluding carboxylic acids is 1. The monoisotopic (exact) mass is 313 g/mol. The molecule has 0 bridgehead atoms. The standard InChI is InChI=1S/C18H23N3O2/c1-14(23)21-17-7-5-15(6-8-17)11-19-12-16(13-22)10-18-4-2-3-9-20-18/h2-9,16,19,22H,10-13H2,1H3,(H,21,23). The largest absolute Gasteiger partial charge is 0.396 e.